The number of nitrogens with one attached hydrogen (secondary N) is 1. The Labute approximate surface area is 89.9 Å². The third kappa shape index (κ3) is 3.05. The molecule has 0 saturated heterocycles. The molecule has 1 heterocycles. The molecule has 0 unspecified atom stereocenters. The minimum atomic E-state index is 0.0978. The maximum absolute atomic E-state index is 11.6. The zero-order chi connectivity index (χ0) is 10.5. The van der Waals surface area contributed by atoms with Crippen LogP contribution in [0, 0.1) is 5.92 Å². The predicted octanol–water partition coefficient (Wildman–Crippen LogP) is 2.60. The van der Waals surface area contributed by atoms with Gasteiger partial charge in [0.1, 0.15) is 5.82 Å². The molecule has 3 heteroatoms. The maximum atomic E-state index is 11.6. The van der Waals surface area contributed by atoms with Crippen LogP contribution in [-0.4, -0.2) is 10.9 Å². The van der Waals surface area contributed by atoms with Crippen LogP contribution < -0.4 is 5.32 Å². The topological polar surface area (TPSA) is 42.0 Å². The van der Waals surface area contributed by atoms with E-state index in [4.69, 9.17) is 0 Å². The lowest BCUT2D eigenvalue weighted by Gasteiger charge is -2.08. The van der Waals surface area contributed by atoms with Gasteiger partial charge in [-0.2, -0.15) is 0 Å². The molecule has 1 saturated carbocycles. The largest absolute Gasteiger partial charge is 0.311 e. The fourth-order valence-corrected chi connectivity index (χ4v) is 2.11. The van der Waals surface area contributed by atoms with Crippen molar-refractivity contribution in [2.45, 2.75) is 32.1 Å². The lowest BCUT2D eigenvalue weighted by Crippen LogP contribution is -2.15. The van der Waals surface area contributed by atoms with Crippen LogP contribution in [0.5, 0.6) is 0 Å². The predicted molar refractivity (Wildman–Crippen MR) is 59.4 cm³/mol. The van der Waals surface area contributed by atoms with Gasteiger partial charge >= 0.3 is 0 Å². The summed E-state index contributed by atoms with van der Waals surface area (Å²) < 4.78 is 0. The summed E-state index contributed by atoms with van der Waals surface area (Å²) in [6.45, 7) is 0. The summed E-state index contributed by atoms with van der Waals surface area (Å²) in [5.41, 5.74) is 0. The summed E-state index contributed by atoms with van der Waals surface area (Å²) >= 11 is 0. The molecule has 0 atom stereocenters. The molecule has 0 aromatic carbocycles. The van der Waals surface area contributed by atoms with Crippen molar-refractivity contribution in [2.75, 3.05) is 5.32 Å². The van der Waals surface area contributed by atoms with E-state index in [-0.39, 0.29) is 5.91 Å². The highest BCUT2D eigenvalue weighted by atomic mass is 16.1. The molecule has 0 aliphatic heterocycles. The zero-order valence-corrected chi connectivity index (χ0v) is 8.78. The van der Waals surface area contributed by atoms with E-state index < -0.39 is 0 Å². The Morgan fingerprint density at radius 3 is 2.87 bits per heavy atom. The van der Waals surface area contributed by atoms with Gasteiger partial charge in [0.2, 0.25) is 5.91 Å². The van der Waals surface area contributed by atoms with Crippen LogP contribution in [0.3, 0.4) is 0 Å². The van der Waals surface area contributed by atoms with Crippen LogP contribution in [-0.2, 0) is 4.79 Å². The fraction of sp³-hybridized carbons (Fsp3) is 0.500. The van der Waals surface area contributed by atoms with E-state index in [0.717, 1.165) is 0 Å². The molecule has 1 fully saturated rings. The van der Waals surface area contributed by atoms with Gasteiger partial charge in [-0.25, -0.2) is 4.98 Å². The number of hydrogen-bond donors (Lipinski definition) is 1. The number of carbonyl (C=O) groups is 1. The third-order valence-corrected chi connectivity index (χ3v) is 2.88. The quantitative estimate of drug-likeness (QED) is 0.822. The molecular formula is C12H16N2O. The summed E-state index contributed by atoms with van der Waals surface area (Å²) in [7, 11) is 0. The number of anilines is 1. The monoisotopic (exact) mass is 204 g/mol. The molecule has 1 amide bonds. The fourth-order valence-electron chi connectivity index (χ4n) is 2.11. The second-order valence-electron chi connectivity index (χ2n) is 4.12. The van der Waals surface area contributed by atoms with Gasteiger partial charge in [-0.05, 0) is 30.9 Å². The van der Waals surface area contributed by atoms with Gasteiger partial charge in [0.15, 0.2) is 0 Å². The minimum Gasteiger partial charge on any atom is -0.311 e. The van der Waals surface area contributed by atoms with Crippen LogP contribution in [0.1, 0.15) is 32.1 Å². The van der Waals surface area contributed by atoms with Gasteiger partial charge < -0.3 is 5.32 Å². The van der Waals surface area contributed by atoms with E-state index in [9.17, 15) is 4.79 Å². The molecule has 1 aromatic rings. The van der Waals surface area contributed by atoms with Crippen LogP contribution in [0.15, 0.2) is 24.4 Å². The van der Waals surface area contributed by atoms with Crippen LogP contribution >= 0.6 is 0 Å². The third-order valence-electron chi connectivity index (χ3n) is 2.88. The van der Waals surface area contributed by atoms with E-state index in [2.05, 4.69) is 10.3 Å². The van der Waals surface area contributed by atoms with Gasteiger partial charge in [0.05, 0.1) is 0 Å². The van der Waals surface area contributed by atoms with E-state index >= 15 is 0 Å². The molecular weight excluding hydrogens is 188 g/mol. The van der Waals surface area contributed by atoms with Gasteiger partial charge in [0.25, 0.3) is 0 Å². The van der Waals surface area contributed by atoms with Crippen molar-refractivity contribution in [3.05, 3.63) is 24.4 Å². The molecule has 0 radical (unpaired) electrons. The lowest BCUT2D eigenvalue weighted by atomic mass is 10.0. The SMILES string of the molecule is O=C(CC1CCCC1)Nc1ccccn1. The Bertz CT molecular complexity index is 318. The van der Waals surface area contributed by atoms with Crippen molar-refractivity contribution in [2.24, 2.45) is 5.92 Å². The zero-order valence-electron chi connectivity index (χ0n) is 8.78. The number of carbonyl (C=O) groups excluding carboxylic acids is 1. The summed E-state index contributed by atoms with van der Waals surface area (Å²) in [5, 5.41) is 2.82. The summed E-state index contributed by atoms with van der Waals surface area (Å²) in [4.78, 5) is 15.7. The number of hydrogen-bond acceptors (Lipinski definition) is 2. The highest BCUT2D eigenvalue weighted by Gasteiger charge is 2.18. The second-order valence-corrected chi connectivity index (χ2v) is 4.12. The Kier molecular flexibility index (Phi) is 3.33. The van der Waals surface area contributed by atoms with E-state index in [0.29, 0.717) is 18.2 Å². The van der Waals surface area contributed by atoms with Crippen molar-refractivity contribution < 1.29 is 4.79 Å². The summed E-state index contributed by atoms with van der Waals surface area (Å²) in [6.07, 6.45) is 7.30. The highest BCUT2D eigenvalue weighted by Crippen LogP contribution is 2.27. The van der Waals surface area contributed by atoms with Gasteiger partial charge in [-0.15, -0.1) is 0 Å². The first kappa shape index (κ1) is 10.1. The van der Waals surface area contributed by atoms with Crippen molar-refractivity contribution in [3.8, 4) is 0 Å². The minimum absolute atomic E-state index is 0.0978. The number of nitrogens with zero attached hydrogens (tertiary/aromatic N) is 1. The van der Waals surface area contributed by atoms with Gasteiger partial charge in [-0.1, -0.05) is 18.9 Å². The molecule has 3 nitrogen and oxygen atoms in total. The second kappa shape index (κ2) is 4.91. The number of amides is 1. The lowest BCUT2D eigenvalue weighted by molar-refractivity contribution is -0.117. The highest BCUT2D eigenvalue weighted by molar-refractivity contribution is 5.89. The summed E-state index contributed by atoms with van der Waals surface area (Å²) in [5.74, 6) is 1.34. The van der Waals surface area contributed by atoms with Crippen molar-refractivity contribution in [1.82, 2.24) is 4.98 Å². The van der Waals surface area contributed by atoms with Crippen molar-refractivity contribution >= 4 is 11.7 Å². The van der Waals surface area contributed by atoms with Crippen LogP contribution in [0.25, 0.3) is 0 Å². The first-order chi connectivity index (χ1) is 7.34. The average Bonchev–Trinajstić information content (AvgIpc) is 2.71. The molecule has 1 aliphatic rings. The molecule has 0 spiro atoms. The summed E-state index contributed by atoms with van der Waals surface area (Å²) in [6, 6.07) is 5.53. The number of rotatable bonds is 3. The normalized spacial score (nSPS) is 16.5. The Balaban J connectivity index is 1.82. The average molecular weight is 204 g/mol. The molecule has 2 rings (SSSR count). The first-order valence-corrected chi connectivity index (χ1v) is 5.55. The van der Waals surface area contributed by atoms with Crippen LogP contribution in [0.4, 0.5) is 5.82 Å². The van der Waals surface area contributed by atoms with Gasteiger partial charge in [-0.3, -0.25) is 4.79 Å². The number of pyridine rings is 1. The molecule has 1 aromatic heterocycles. The van der Waals surface area contributed by atoms with E-state index in [1.807, 2.05) is 18.2 Å². The Morgan fingerprint density at radius 1 is 1.40 bits per heavy atom. The molecule has 80 valence electrons. The standard InChI is InChI=1S/C12H16N2O/c15-12(9-10-5-1-2-6-10)14-11-7-3-4-8-13-11/h3-4,7-8,10H,1-2,5-6,9H2,(H,13,14,15). The molecule has 1 aliphatic carbocycles. The van der Waals surface area contributed by atoms with Gasteiger partial charge in [0, 0.05) is 12.6 Å². The Morgan fingerprint density at radius 2 is 2.20 bits per heavy atom. The molecule has 15 heavy (non-hydrogen) atoms. The smallest absolute Gasteiger partial charge is 0.225 e. The maximum Gasteiger partial charge on any atom is 0.225 e. The van der Waals surface area contributed by atoms with Crippen molar-refractivity contribution in [1.29, 1.82) is 0 Å². The van der Waals surface area contributed by atoms with E-state index in [1.165, 1.54) is 25.7 Å². The first-order valence-electron chi connectivity index (χ1n) is 5.55. The Hall–Kier alpha value is -1.38. The number of aromatic nitrogens is 1. The van der Waals surface area contributed by atoms with E-state index in [1.54, 1.807) is 6.20 Å². The molecule has 1 N–H and O–H groups in total. The molecule has 0 bridgehead atoms. The van der Waals surface area contributed by atoms with Crippen LogP contribution in [0.2, 0.25) is 0 Å². The van der Waals surface area contributed by atoms with Crippen molar-refractivity contribution in [3.63, 3.8) is 0 Å².